The Hall–Kier alpha value is -0.250. The van der Waals surface area contributed by atoms with Crippen LogP contribution in [0.25, 0.3) is 0 Å². The first kappa shape index (κ1) is 14.7. The molecule has 0 amide bonds. The van der Waals surface area contributed by atoms with E-state index in [4.69, 9.17) is 21.1 Å². The van der Waals surface area contributed by atoms with Crippen LogP contribution in [0.15, 0.2) is 16.6 Å². The Morgan fingerprint density at radius 1 is 1.30 bits per heavy atom. The van der Waals surface area contributed by atoms with Crippen molar-refractivity contribution in [1.82, 2.24) is 0 Å². The fraction of sp³-hybridized carbons (Fsp3) is 0.625. The number of ether oxygens (including phenoxy) is 2. The average Bonchev–Trinajstić information content (AvgIpc) is 2.93. The van der Waals surface area contributed by atoms with E-state index in [0.29, 0.717) is 6.10 Å². The van der Waals surface area contributed by atoms with Crippen LogP contribution in [0, 0.1) is 0 Å². The van der Waals surface area contributed by atoms with E-state index in [1.807, 2.05) is 0 Å². The molecular weight excluding hydrogens is 340 g/mol. The topological polar surface area (TPSA) is 18.5 Å². The van der Waals surface area contributed by atoms with Crippen molar-refractivity contribution in [3.05, 3.63) is 27.7 Å². The van der Waals surface area contributed by atoms with Crippen LogP contribution in [-0.4, -0.2) is 19.3 Å². The molecular formula is C16H20BrClO2. The van der Waals surface area contributed by atoms with E-state index < -0.39 is 0 Å². The summed E-state index contributed by atoms with van der Waals surface area (Å²) in [5.74, 6) is 1.01. The Bertz CT molecular complexity index is 472. The smallest absolute Gasteiger partial charge is 0.127 e. The van der Waals surface area contributed by atoms with Crippen molar-refractivity contribution in [3.63, 3.8) is 0 Å². The highest BCUT2D eigenvalue weighted by molar-refractivity contribution is 9.10. The Kier molecular flexibility index (Phi) is 4.90. The van der Waals surface area contributed by atoms with Gasteiger partial charge in [-0.3, -0.25) is 0 Å². The summed E-state index contributed by atoms with van der Waals surface area (Å²) in [6.07, 6.45) is 7.02. The van der Waals surface area contributed by atoms with Gasteiger partial charge in [0.25, 0.3) is 0 Å². The first-order valence-electron chi connectivity index (χ1n) is 7.45. The number of fused-ring (bicyclic) bond motifs is 1. The Morgan fingerprint density at radius 3 is 3.00 bits per heavy atom. The van der Waals surface area contributed by atoms with Gasteiger partial charge in [0.15, 0.2) is 0 Å². The van der Waals surface area contributed by atoms with Gasteiger partial charge in [-0.2, -0.15) is 0 Å². The molecule has 1 aromatic carbocycles. The molecule has 2 nitrogen and oxygen atoms in total. The van der Waals surface area contributed by atoms with Crippen LogP contribution >= 0.6 is 27.5 Å². The lowest BCUT2D eigenvalue weighted by Crippen LogP contribution is -2.19. The maximum Gasteiger partial charge on any atom is 0.127 e. The van der Waals surface area contributed by atoms with Gasteiger partial charge in [0.1, 0.15) is 5.75 Å². The van der Waals surface area contributed by atoms with Gasteiger partial charge >= 0.3 is 0 Å². The standard InChI is InChI=1S/C16H20BrClO2/c17-12-9-11-6-8-20-16(11)14(10-12)15(18)5-4-13-3-1-2-7-19-13/h9-10,13,15H,1-8H2. The van der Waals surface area contributed by atoms with Crippen molar-refractivity contribution < 1.29 is 9.47 Å². The van der Waals surface area contributed by atoms with Crippen molar-refractivity contribution in [2.24, 2.45) is 0 Å². The maximum absolute atomic E-state index is 6.62. The van der Waals surface area contributed by atoms with Gasteiger partial charge in [-0.25, -0.2) is 0 Å². The summed E-state index contributed by atoms with van der Waals surface area (Å²) in [4.78, 5) is 0. The first-order chi connectivity index (χ1) is 9.74. The lowest BCUT2D eigenvalue weighted by atomic mass is 9.99. The highest BCUT2D eigenvalue weighted by atomic mass is 79.9. The summed E-state index contributed by atoms with van der Waals surface area (Å²) in [6.45, 7) is 1.68. The molecule has 1 fully saturated rings. The molecule has 2 unspecified atom stereocenters. The molecule has 1 aromatic rings. The largest absolute Gasteiger partial charge is 0.493 e. The number of alkyl halides is 1. The van der Waals surface area contributed by atoms with Crippen molar-refractivity contribution in [2.45, 2.75) is 50.0 Å². The molecule has 110 valence electrons. The maximum atomic E-state index is 6.62. The van der Waals surface area contributed by atoms with Crippen LogP contribution in [0.3, 0.4) is 0 Å². The fourth-order valence-corrected chi connectivity index (χ4v) is 3.86. The highest BCUT2D eigenvalue weighted by Crippen LogP contribution is 2.41. The van der Waals surface area contributed by atoms with E-state index >= 15 is 0 Å². The van der Waals surface area contributed by atoms with E-state index in [-0.39, 0.29) is 5.38 Å². The molecule has 3 rings (SSSR count). The summed E-state index contributed by atoms with van der Waals surface area (Å²) in [6, 6.07) is 4.24. The second-order valence-electron chi connectivity index (χ2n) is 5.62. The fourth-order valence-electron chi connectivity index (χ4n) is 3.05. The van der Waals surface area contributed by atoms with Gasteiger partial charge in [0, 0.05) is 23.1 Å². The second kappa shape index (κ2) is 6.67. The van der Waals surface area contributed by atoms with E-state index in [2.05, 4.69) is 28.1 Å². The molecule has 0 saturated carbocycles. The van der Waals surface area contributed by atoms with Crippen LogP contribution in [0.5, 0.6) is 5.75 Å². The third-order valence-corrected chi connectivity index (χ3v) is 5.04. The van der Waals surface area contributed by atoms with Crippen molar-refractivity contribution >= 4 is 27.5 Å². The van der Waals surface area contributed by atoms with Gasteiger partial charge in [-0.05, 0) is 49.8 Å². The lowest BCUT2D eigenvalue weighted by Gasteiger charge is -2.23. The highest BCUT2D eigenvalue weighted by Gasteiger charge is 2.23. The SMILES string of the molecule is ClC(CCC1CCCCO1)c1cc(Br)cc2c1OCC2. The van der Waals surface area contributed by atoms with E-state index in [1.165, 1.54) is 24.8 Å². The molecule has 0 spiro atoms. The van der Waals surface area contributed by atoms with Gasteiger partial charge in [0.05, 0.1) is 18.1 Å². The molecule has 2 heterocycles. The van der Waals surface area contributed by atoms with Crippen LogP contribution in [0.4, 0.5) is 0 Å². The summed E-state index contributed by atoms with van der Waals surface area (Å²) in [5, 5.41) is 0.00452. The summed E-state index contributed by atoms with van der Waals surface area (Å²) < 4.78 is 12.6. The van der Waals surface area contributed by atoms with E-state index in [1.54, 1.807) is 0 Å². The van der Waals surface area contributed by atoms with Crippen LogP contribution in [-0.2, 0) is 11.2 Å². The van der Waals surface area contributed by atoms with Gasteiger partial charge in [0.2, 0.25) is 0 Å². The minimum Gasteiger partial charge on any atom is -0.493 e. The third kappa shape index (κ3) is 3.32. The Balaban J connectivity index is 1.66. The molecule has 2 aliphatic rings. The van der Waals surface area contributed by atoms with Crippen LogP contribution < -0.4 is 4.74 Å². The Labute approximate surface area is 133 Å². The first-order valence-corrected chi connectivity index (χ1v) is 8.68. The van der Waals surface area contributed by atoms with Crippen molar-refractivity contribution in [3.8, 4) is 5.75 Å². The van der Waals surface area contributed by atoms with Gasteiger partial charge in [-0.15, -0.1) is 11.6 Å². The molecule has 20 heavy (non-hydrogen) atoms. The quantitative estimate of drug-likeness (QED) is 0.703. The number of rotatable bonds is 4. The summed E-state index contributed by atoms with van der Waals surface area (Å²) >= 11 is 10.2. The molecule has 4 heteroatoms. The summed E-state index contributed by atoms with van der Waals surface area (Å²) in [7, 11) is 0. The molecule has 0 radical (unpaired) electrons. The number of hydrogen-bond acceptors (Lipinski definition) is 2. The number of hydrogen-bond donors (Lipinski definition) is 0. The zero-order valence-electron chi connectivity index (χ0n) is 11.5. The minimum atomic E-state index is 0.00452. The number of benzene rings is 1. The van der Waals surface area contributed by atoms with Gasteiger partial charge in [-0.1, -0.05) is 15.9 Å². The molecule has 1 saturated heterocycles. The van der Waals surface area contributed by atoms with E-state index in [9.17, 15) is 0 Å². The van der Waals surface area contributed by atoms with Crippen LogP contribution in [0.1, 0.15) is 48.6 Å². The molecule has 0 bridgehead atoms. The summed E-state index contributed by atoms with van der Waals surface area (Å²) in [5.41, 5.74) is 2.40. The second-order valence-corrected chi connectivity index (χ2v) is 7.06. The average molecular weight is 360 g/mol. The molecule has 2 aliphatic heterocycles. The molecule has 2 atom stereocenters. The molecule has 0 aromatic heterocycles. The lowest BCUT2D eigenvalue weighted by molar-refractivity contribution is 0.00998. The predicted molar refractivity (Wildman–Crippen MR) is 84.8 cm³/mol. The minimum absolute atomic E-state index is 0.00452. The van der Waals surface area contributed by atoms with Gasteiger partial charge < -0.3 is 9.47 Å². The van der Waals surface area contributed by atoms with Crippen LogP contribution in [0.2, 0.25) is 0 Å². The third-order valence-electron chi connectivity index (χ3n) is 4.13. The monoisotopic (exact) mass is 358 g/mol. The van der Waals surface area contributed by atoms with E-state index in [0.717, 1.165) is 48.3 Å². The van der Waals surface area contributed by atoms with Crippen molar-refractivity contribution in [2.75, 3.05) is 13.2 Å². The zero-order valence-corrected chi connectivity index (χ0v) is 13.9. The molecule has 0 aliphatic carbocycles. The molecule has 0 N–H and O–H groups in total. The normalized spacial score (nSPS) is 23.2. The van der Waals surface area contributed by atoms with Crippen molar-refractivity contribution in [1.29, 1.82) is 0 Å². The number of halogens is 2. The zero-order chi connectivity index (χ0) is 13.9. The predicted octanol–water partition coefficient (Wildman–Crippen LogP) is 5.01. The Morgan fingerprint density at radius 2 is 2.20 bits per heavy atom.